The number of ether oxygens (including phenoxy) is 1. The molecule has 0 saturated carbocycles. The fourth-order valence-corrected chi connectivity index (χ4v) is 13.0. The van der Waals surface area contributed by atoms with Crippen LogP contribution in [0.4, 0.5) is 0 Å². The van der Waals surface area contributed by atoms with Gasteiger partial charge in [-0.1, -0.05) is 118 Å². The Hall–Kier alpha value is -3.61. The number of aryl methyl sites for hydroxylation is 1. The van der Waals surface area contributed by atoms with Crippen molar-refractivity contribution in [2.45, 2.75) is 74.1 Å². The number of hydrogen-bond acceptors (Lipinski definition) is 7. The first-order valence-electron chi connectivity index (χ1n) is 16.3. The Labute approximate surface area is 283 Å². The summed E-state index contributed by atoms with van der Waals surface area (Å²) in [4.78, 5) is 0.168. The Kier molecular flexibility index (Phi) is 9.53. The molecule has 5 aromatic rings. The van der Waals surface area contributed by atoms with Crippen LogP contribution in [-0.2, 0) is 25.6 Å². The van der Waals surface area contributed by atoms with Gasteiger partial charge in [0.25, 0.3) is 18.3 Å². The molecular weight excluding hydrogens is 643 g/mol. The Balaban J connectivity index is 1.21. The standard InChI is InChI=1S/C38H43NO7SSi/c1-37(2,3)48(30-17-9-5-10-18-30,31-19-11-6-12-20-31)45-27-35-34(40)25-38(42,36(41)46-35)24-23-28-26-39(33-22-14-13-21-32(28)33)47(43,44)29-15-7-4-8-16-29/h4-22,26,34-36,40-42H,23-25,27H2,1-3H3/t34-,35+,36+,38+/m0/s1. The van der Waals surface area contributed by atoms with E-state index in [0.717, 1.165) is 15.8 Å². The Morgan fingerprint density at radius 3 is 1.98 bits per heavy atom. The molecule has 2 heterocycles. The summed E-state index contributed by atoms with van der Waals surface area (Å²) >= 11 is 0. The largest absolute Gasteiger partial charge is 0.405 e. The monoisotopic (exact) mass is 685 g/mol. The van der Waals surface area contributed by atoms with Gasteiger partial charge >= 0.3 is 0 Å². The first-order chi connectivity index (χ1) is 22.9. The van der Waals surface area contributed by atoms with E-state index < -0.39 is 42.4 Å². The van der Waals surface area contributed by atoms with Crippen molar-refractivity contribution < 1.29 is 32.9 Å². The van der Waals surface area contributed by atoms with Crippen LogP contribution in [0.15, 0.2) is 126 Å². The molecule has 3 N–H and O–H groups in total. The maximum Gasteiger partial charge on any atom is 0.268 e. The van der Waals surface area contributed by atoms with E-state index in [2.05, 4.69) is 45.0 Å². The summed E-state index contributed by atoms with van der Waals surface area (Å²) in [6, 6.07) is 35.7. The molecule has 0 spiro atoms. The summed E-state index contributed by atoms with van der Waals surface area (Å²) in [5.41, 5.74) is -0.559. The maximum atomic E-state index is 13.5. The molecule has 10 heteroatoms. The van der Waals surface area contributed by atoms with E-state index in [1.165, 1.54) is 3.97 Å². The second-order valence-corrected chi connectivity index (χ2v) is 19.8. The normalized spacial score (nSPS) is 22.2. The van der Waals surface area contributed by atoms with Gasteiger partial charge in [-0.2, -0.15) is 0 Å². The van der Waals surface area contributed by atoms with Crippen molar-refractivity contribution in [2.75, 3.05) is 6.61 Å². The molecule has 6 rings (SSSR count). The zero-order valence-electron chi connectivity index (χ0n) is 27.4. The first kappa shape index (κ1) is 34.3. The fourth-order valence-electron chi connectivity index (χ4n) is 7.00. The fraction of sp³-hybridized carbons (Fsp3) is 0.316. The molecule has 4 atom stereocenters. The lowest BCUT2D eigenvalue weighted by atomic mass is 9.85. The molecule has 1 fully saturated rings. The average molecular weight is 686 g/mol. The van der Waals surface area contributed by atoms with Crippen LogP contribution < -0.4 is 10.4 Å². The molecule has 1 aliphatic heterocycles. The van der Waals surface area contributed by atoms with E-state index in [4.69, 9.17) is 9.16 Å². The Morgan fingerprint density at radius 1 is 0.854 bits per heavy atom. The van der Waals surface area contributed by atoms with Gasteiger partial charge < -0.3 is 24.5 Å². The molecule has 8 nitrogen and oxygen atoms in total. The van der Waals surface area contributed by atoms with Gasteiger partial charge in [-0.05, 0) is 52.0 Å². The summed E-state index contributed by atoms with van der Waals surface area (Å²) in [5, 5.41) is 36.7. The van der Waals surface area contributed by atoms with Gasteiger partial charge in [-0.25, -0.2) is 12.4 Å². The molecule has 1 aliphatic rings. The Bertz CT molecular complexity index is 1910. The molecule has 0 bridgehead atoms. The molecule has 48 heavy (non-hydrogen) atoms. The van der Waals surface area contributed by atoms with E-state index in [1.54, 1.807) is 48.7 Å². The number of fused-ring (bicyclic) bond motifs is 1. The zero-order chi connectivity index (χ0) is 34.2. The van der Waals surface area contributed by atoms with Crippen molar-refractivity contribution in [3.63, 3.8) is 0 Å². The van der Waals surface area contributed by atoms with Gasteiger partial charge in [-0.15, -0.1) is 0 Å². The summed E-state index contributed by atoms with van der Waals surface area (Å²) < 4.78 is 41.2. The van der Waals surface area contributed by atoms with Crippen molar-refractivity contribution in [1.29, 1.82) is 0 Å². The smallest absolute Gasteiger partial charge is 0.268 e. The minimum Gasteiger partial charge on any atom is -0.405 e. The quantitative estimate of drug-likeness (QED) is 0.184. The third-order valence-electron chi connectivity index (χ3n) is 9.52. The number of aromatic nitrogens is 1. The van der Waals surface area contributed by atoms with Crippen molar-refractivity contribution >= 4 is 39.6 Å². The third kappa shape index (κ3) is 6.30. The number of aliphatic hydroxyl groups is 3. The summed E-state index contributed by atoms with van der Waals surface area (Å²) in [6.45, 7) is 6.50. The lowest BCUT2D eigenvalue weighted by molar-refractivity contribution is -0.292. The van der Waals surface area contributed by atoms with Crippen LogP contribution >= 0.6 is 0 Å². The molecule has 0 aliphatic carbocycles. The number of hydrogen-bond donors (Lipinski definition) is 3. The van der Waals surface area contributed by atoms with Crippen LogP contribution in [0.3, 0.4) is 0 Å². The lowest BCUT2D eigenvalue weighted by Gasteiger charge is -2.46. The van der Waals surface area contributed by atoms with Gasteiger partial charge in [0.1, 0.15) is 11.7 Å². The Morgan fingerprint density at radius 2 is 1.40 bits per heavy atom. The molecular formula is C38H43NO7SSi. The van der Waals surface area contributed by atoms with Crippen molar-refractivity contribution in [3.8, 4) is 0 Å². The number of benzene rings is 4. The highest BCUT2D eigenvalue weighted by atomic mass is 32.2. The van der Waals surface area contributed by atoms with Crippen LogP contribution in [-0.4, -0.2) is 66.7 Å². The minimum atomic E-state index is -3.87. The maximum absolute atomic E-state index is 13.5. The van der Waals surface area contributed by atoms with E-state index in [9.17, 15) is 23.7 Å². The van der Waals surface area contributed by atoms with Crippen molar-refractivity contribution in [3.05, 3.63) is 127 Å². The number of para-hydroxylation sites is 1. The average Bonchev–Trinajstić information content (AvgIpc) is 3.47. The van der Waals surface area contributed by atoms with Crippen molar-refractivity contribution in [1.82, 2.24) is 3.97 Å². The predicted octanol–water partition coefficient (Wildman–Crippen LogP) is 4.59. The first-order valence-corrected chi connectivity index (χ1v) is 19.6. The van der Waals surface area contributed by atoms with Crippen LogP contribution in [0.1, 0.15) is 39.2 Å². The topological polar surface area (TPSA) is 118 Å². The zero-order valence-corrected chi connectivity index (χ0v) is 29.3. The van der Waals surface area contributed by atoms with Crippen LogP contribution in [0.5, 0.6) is 0 Å². The van der Waals surface area contributed by atoms with Gasteiger partial charge in [0.15, 0.2) is 6.29 Å². The predicted molar refractivity (Wildman–Crippen MR) is 189 cm³/mol. The third-order valence-corrected chi connectivity index (χ3v) is 16.2. The van der Waals surface area contributed by atoms with Gasteiger partial charge in [-0.3, -0.25) is 0 Å². The van der Waals surface area contributed by atoms with E-state index in [1.807, 2.05) is 48.5 Å². The number of rotatable bonds is 10. The van der Waals surface area contributed by atoms with E-state index >= 15 is 0 Å². The highest BCUT2D eigenvalue weighted by Crippen LogP contribution is 2.39. The SMILES string of the molecule is CC(C)(C)[Si](OC[C@H]1O[C@@H](O)[C@@](O)(CCc2cn(S(=O)(=O)c3ccccc3)c3ccccc23)C[C@@H]1O)(c1ccccc1)c1ccccc1. The molecule has 0 unspecified atom stereocenters. The van der Waals surface area contributed by atoms with Gasteiger partial charge in [0.2, 0.25) is 0 Å². The second-order valence-electron chi connectivity index (χ2n) is 13.7. The van der Waals surface area contributed by atoms with Crippen LogP contribution in [0.2, 0.25) is 5.04 Å². The minimum absolute atomic E-state index is 0.0203. The second kappa shape index (κ2) is 13.4. The molecule has 0 amide bonds. The summed E-state index contributed by atoms with van der Waals surface area (Å²) in [6.07, 6.45) is -1.86. The summed E-state index contributed by atoms with van der Waals surface area (Å²) in [5.74, 6) is 0. The lowest BCUT2D eigenvalue weighted by Crippen LogP contribution is -2.68. The molecule has 252 valence electrons. The highest BCUT2D eigenvalue weighted by molar-refractivity contribution is 7.90. The van der Waals surface area contributed by atoms with Gasteiger partial charge in [0, 0.05) is 18.0 Å². The molecule has 1 saturated heterocycles. The van der Waals surface area contributed by atoms with Crippen LogP contribution in [0, 0.1) is 0 Å². The van der Waals surface area contributed by atoms with E-state index in [-0.39, 0.29) is 35.8 Å². The highest BCUT2D eigenvalue weighted by Gasteiger charge is 2.52. The van der Waals surface area contributed by atoms with Crippen LogP contribution in [0.25, 0.3) is 10.9 Å². The van der Waals surface area contributed by atoms with E-state index in [0.29, 0.717) is 11.1 Å². The molecule has 0 radical (unpaired) electrons. The number of aliphatic hydroxyl groups excluding tert-OH is 2. The molecule has 1 aromatic heterocycles. The van der Waals surface area contributed by atoms with Gasteiger partial charge in [0.05, 0.1) is 23.1 Å². The molecule has 4 aromatic carbocycles. The number of nitrogens with zero attached hydrogens (tertiary/aromatic N) is 1. The van der Waals surface area contributed by atoms with Crippen molar-refractivity contribution in [2.24, 2.45) is 0 Å². The summed E-state index contributed by atoms with van der Waals surface area (Å²) in [7, 11) is -6.80.